The van der Waals surface area contributed by atoms with Crippen molar-refractivity contribution in [3.8, 4) is 0 Å². The summed E-state index contributed by atoms with van der Waals surface area (Å²) in [5.41, 5.74) is 2.30. The zero-order valence-electron chi connectivity index (χ0n) is 13.3. The van der Waals surface area contributed by atoms with E-state index in [2.05, 4.69) is 5.16 Å². The first-order valence-electron chi connectivity index (χ1n) is 7.33. The third-order valence-electron chi connectivity index (χ3n) is 3.56. The molecule has 23 heavy (non-hydrogen) atoms. The van der Waals surface area contributed by atoms with Gasteiger partial charge in [-0.2, -0.15) is 0 Å². The first-order chi connectivity index (χ1) is 10.7. The Kier molecular flexibility index (Phi) is 3.50. The predicted molar refractivity (Wildman–Crippen MR) is 80.8 cm³/mol. The van der Waals surface area contributed by atoms with Crippen molar-refractivity contribution in [2.75, 3.05) is 0 Å². The van der Waals surface area contributed by atoms with Gasteiger partial charge in [0.15, 0.2) is 5.58 Å². The average molecular weight is 318 g/mol. The van der Waals surface area contributed by atoms with Gasteiger partial charge in [0.1, 0.15) is 11.3 Å². The number of fused-ring (bicyclic) bond motifs is 2. The monoisotopic (exact) mass is 318 g/mol. The first-order valence-corrected chi connectivity index (χ1v) is 7.33. The molecule has 0 aliphatic carbocycles. The van der Waals surface area contributed by atoms with Gasteiger partial charge in [0.25, 0.3) is 0 Å². The number of carbonyl (C=O) groups is 2. The number of rotatable bonds is 2. The van der Waals surface area contributed by atoms with Gasteiger partial charge >= 0.3 is 12.1 Å². The molecule has 0 spiro atoms. The molecule has 1 N–H and O–H groups in total. The molecule has 3 rings (SSSR count). The smallest absolute Gasteiger partial charge is 0.410 e. The Bertz CT molecular complexity index is 788. The molecule has 1 aromatic carbocycles. The number of amides is 1. The maximum atomic E-state index is 12.2. The molecule has 1 aliphatic heterocycles. The summed E-state index contributed by atoms with van der Waals surface area (Å²) in [5, 5.41) is 13.4. The van der Waals surface area contributed by atoms with E-state index in [1.807, 2.05) is 32.9 Å². The minimum atomic E-state index is -0.962. The van der Waals surface area contributed by atoms with Crippen LogP contribution in [0.25, 0.3) is 11.0 Å². The highest BCUT2D eigenvalue weighted by atomic mass is 16.6. The molecule has 0 fully saturated rings. The highest BCUT2D eigenvalue weighted by Crippen LogP contribution is 2.30. The molecule has 1 aliphatic rings. The van der Waals surface area contributed by atoms with Crippen molar-refractivity contribution in [3.05, 3.63) is 29.0 Å². The molecule has 0 radical (unpaired) electrons. The Morgan fingerprint density at radius 2 is 1.96 bits per heavy atom. The van der Waals surface area contributed by atoms with Crippen LogP contribution < -0.4 is 0 Å². The lowest BCUT2D eigenvalue weighted by molar-refractivity contribution is -0.136. The van der Waals surface area contributed by atoms with Crippen molar-refractivity contribution in [2.24, 2.45) is 0 Å². The van der Waals surface area contributed by atoms with Crippen LogP contribution >= 0.6 is 0 Å². The standard InChI is InChI=1S/C16H18N2O5/c1-16(2,3)22-15(21)18-7-9-4-11-12(6-14(19)20)17-23-13(11)5-10(9)8-18/h4-5H,6-8H2,1-3H3,(H,19,20). The van der Waals surface area contributed by atoms with E-state index < -0.39 is 11.6 Å². The van der Waals surface area contributed by atoms with Gasteiger partial charge in [0, 0.05) is 18.5 Å². The van der Waals surface area contributed by atoms with Gasteiger partial charge in [-0.3, -0.25) is 9.69 Å². The van der Waals surface area contributed by atoms with E-state index in [0.29, 0.717) is 29.8 Å². The fraction of sp³-hybridized carbons (Fsp3) is 0.438. The van der Waals surface area contributed by atoms with Gasteiger partial charge in [-0.25, -0.2) is 4.79 Å². The first kappa shape index (κ1) is 15.3. The number of ether oxygens (including phenoxy) is 1. The number of carbonyl (C=O) groups excluding carboxylic acids is 1. The Morgan fingerprint density at radius 1 is 1.30 bits per heavy atom. The molecule has 1 aromatic heterocycles. The van der Waals surface area contributed by atoms with E-state index in [1.165, 1.54) is 0 Å². The summed E-state index contributed by atoms with van der Waals surface area (Å²) in [6, 6.07) is 3.66. The Morgan fingerprint density at radius 3 is 2.57 bits per heavy atom. The molecule has 2 aromatic rings. The van der Waals surface area contributed by atoms with Crippen LogP contribution in [-0.4, -0.2) is 32.8 Å². The Balaban J connectivity index is 1.85. The fourth-order valence-electron chi connectivity index (χ4n) is 2.61. The number of aromatic nitrogens is 1. The van der Waals surface area contributed by atoms with Gasteiger partial charge in [-0.05, 0) is 44.0 Å². The van der Waals surface area contributed by atoms with Crippen LogP contribution in [0.2, 0.25) is 0 Å². The van der Waals surface area contributed by atoms with E-state index in [4.69, 9.17) is 14.4 Å². The van der Waals surface area contributed by atoms with Crippen LogP contribution in [-0.2, 0) is 29.0 Å². The summed E-state index contributed by atoms with van der Waals surface area (Å²) < 4.78 is 10.6. The normalized spacial score (nSPS) is 14.1. The van der Waals surface area contributed by atoms with Crippen molar-refractivity contribution in [3.63, 3.8) is 0 Å². The number of nitrogens with zero attached hydrogens (tertiary/aromatic N) is 2. The van der Waals surface area contributed by atoms with Gasteiger partial charge in [-0.1, -0.05) is 5.16 Å². The summed E-state index contributed by atoms with van der Waals surface area (Å²) in [5.74, 6) is -0.962. The molecule has 0 saturated heterocycles. The SMILES string of the molecule is CC(C)(C)OC(=O)N1Cc2cc3onc(CC(=O)O)c3cc2C1. The predicted octanol–water partition coefficient (Wildman–Crippen LogP) is 2.71. The maximum absolute atomic E-state index is 12.2. The number of benzene rings is 1. The summed E-state index contributed by atoms with van der Waals surface area (Å²) in [6.45, 7) is 6.34. The van der Waals surface area contributed by atoms with Gasteiger partial charge in [0.05, 0.1) is 6.42 Å². The van der Waals surface area contributed by atoms with Crippen LogP contribution in [0.5, 0.6) is 0 Å². The zero-order chi connectivity index (χ0) is 16.8. The number of carboxylic acid groups (broad SMARTS) is 1. The maximum Gasteiger partial charge on any atom is 0.410 e. The fourth-order valence-corrected chi connectivity index (χ4v) is 2.61. The molecule has 0 bridgehead atoms. The highest BCUT2D eigenvalue weighted by molar-refractivity contribution is 5.85. The third kappa shape index (κ3) is 3.13. The molecule has 2 heterocycles. The van der Waals surface area contributed by atoms with E-state index in [1.54, 1.807) is 4.90 Å². The second-order valence-corrected chi connectivity index (χ2v) is 6.65. The topological polar surface area (TPSA) is 92.9 Å². The van der Waals surface area contributed by atoms with E-state index >= 15 is 0 Å². The molecular weight excluding hydrogens is 300 g/mol. The number of carboxylic acids is 1. The second-order valence-electron chi connectivity index (χ2n) is 6.65. The minimum Gasteiger partial charge on any atom is -0.481 e. The van der Waals surface area contributed by atoms with Crippen LogP contribution in [0.15, 0.2) is 16.7 Å². The molecule has 1 amide bonds. The molecule has 7 heteroatoms. The molecule has 0 atom stereocenters. The summed E-state index contributed by atoms with van der Waals surface area (Å²) >= 11 is 0. The van der Waals surface area contributed by atoms with E-state index in [0.717, 1.165) is 11.1 Å². The van der Waals surface area contributed by atoms with E-state index in [-0.39, 0.29) is 12.5 Å². The summed E-state index contributed by atoms with van der Waals surface area (Å²) in [6.07, 6.45) is -0.559. The highest BCUT2D eigenvalue weighted by Gasteiger charge is 2.29. The van der Waals surface area contributed by atoms with Gasteiger partial charge in [-0.15, -0.1) is 0 Å². The minimum absolute atomic E-state index is 0.193. The molecule has 7 nitrogen and oxygen atoms in total. The van der Waals surface area contributed by atoms with Crippen LogP contribution in [0.4, 0.5) is 4.79 Å². The van der Waals surface area contributed by atoms with Crippen molar-refractivity contribution < 1.29 is 24.0 Å². The second kappa shape index (κ2) is 5.26. The van der Waals surface area contributed by atoms with Crippen LogP contribution in [0, 0.1) is 0 Å². The number of hydrogen-bond donors (Lipinski definition) is 1. The van der Waals surface area contributed by atoms with Crippen LogP contribution in [0.1, 0.15) is 37.6 Å². The van der Waals surface area contributed by atoms with Crippen LogP contribution in [0.3, 0.4) is 0 Å². The lowest BCUT2D eigenvalue weighted by atomic mass is 10.1. The van der Waals surface area contributed by atoms with E-state index in [9.17, 15) is 9.59 Å². The van der Waals surface area contributed by atoms with Crippen molar-refractivity contribution in [1.82, 2.24) is 10.1 Å². The van der Waals surface area contributed by atoms with Crippen molar-refractivity contribution in [2.45, 2.75) is 45.9 Å². The lowest BCUT2D eigenvalue weighted by Crippen LogP contribution is -2.33. The van der Waals surface area contributed by atoms with Gasteiger partial charge in [0.2, 0.25) is 0 Å². The Labute approximate surface area is 132 Å². The van der Waals surface area contributed by atoms with Crippen molar-refractivity contribution in [1.29, 1.82) is 0 Å². The number of hydrogen-bond acceptors (Lipinski definition) is 5. The average Bonchev–Trinajstić information content (AvgIpc) is 2.98. The largest absolute Gasteiger partial charge is 0.481 e. The lowest BCUT2D eigenvalue weighted by Gasteiger charge is -2.24. The summed E-state index contributed by atoms with van der Waals surface area (Å²) in [7, 11) is 0. The molecular formula is C16H18N2O5. The Hall–Kier alpha value is -2.57. The quantitative estimate of drug-likeness (QED) is 0.915. The zero-order valence-corrected chi connectivity index (χ0v) is 13.3. The third-order valence-corrected chi connectivity index (χ3v) is 3.56. The molecule has 122 valence electrons. The van der Waals surface area contributed by atoms with Crippen molar-refractivity contribution >= 4 is 23.0 Å². The van der Waals surface area contributed by atoms with Gasteiger partial charge < -0.3 is 14.4 Å². The molecule has 0 unspecified atom stereocenters. The summed E-state index contributed by atoms with van der Waals surface area (Å²) in [4.78, 5) is 24.6. The number of aliphatic carboxylic acids is 1. The molecule has 0 saturated carbocycles.